The zero-order valence-electron chi connectivity index (χ0n) is 15.6. The maximum atomic E-state index is 12.8. The first kappa shape index (κ1) is 19.9. The summed E-state index contributed by atoms with van der Waals surface area (Å²) in [7, 11) is 0.275. The smallest absolute Gasteiger partial charge is 0.337 e. The third kappa shape index (κ3) is 5.06. The number of carbonyl (C=O) groups is 1. The normalized spacial score (nSPS) is 11.4. The third-order valence-electron chi connectivity index (χ3n) is 3.96. The summed E-state index contributed by atoms with van der Waals surface area (Å²) < 4.78 is 12.2. The number of benzene rings is 1. The van der Waals surface area contributed by atoms with Crippen LogP contribution in [0.4, 0.5) is 0 Å². The van der Waals surface area contributed by atoms with Gasteiger partial charge < -0.3 is 14.6 Å². The van der Waals surface area contributed by atoms with E-state index in [1.165, 1.54) is 23.9 Å². The molecule has 1 heterocycles. The molecule has 0 bridgehead atoms. The van der Waals surface area contributed by atoms with E-state index in [0.29, 0.717) is 17.9 Å². The van der Waals surface area contributed by atoms with Gasteiger partial charge in [-0.1, -0.05) is 37.8 Å². The molecule has 1 aromatic carbocycles. The number of nitrogens with zero attached hydrogens (tertiary/aromatic N) is 1. The molecule has 0 saturated heterocycles. The van der Waals surface area contributed by atoms with Crippen molar-refractivity contribution in [3.05, 3.63) is 52.4 Å². The number of aromatic carboxylic acids is 1. The number of hydrogen-bond acceptors (Lipinski definition) is 4. The first-order valence-corrected chi connectivity index (χ1v) is 12.1. The monoisotopic (exact) mass is 375 g/mol. The topological polar surface area (TPSA) is 77.8 Å². The van der Waals surface area contributed by atoms with Gasteiger partial charge in [0, 0.05) is 26.4 Å². The Morgan fingerprint density at radius 2 is 1.88 bits per heavy atom. The molecule has 7 heteroatoms. The Kier molecular flexibility index (Phi) is 6.39. The second-order valence-corrected chi connectivity index (χ2v) is 12.9. The van der Waals surface area contributed by atoms with E-state index < -0.39 is 14.0 Å². The fourth-order valence-corrected chi connectivity index (χ4v) is 3.21. The predicted octanol–water partition coefficient (Wildman–Crippen LogP) is 3.53. The molecule has 2 rings (SSSR count). The number of rotatable bonds is 8. The van der Waals surface area contributed by atoms with Crippen molar-refractivity contribution in [2.45, 2.75) is 32.4 Å². The van der Waals surface area contributed by atoms with Gasteiger partial charge in [-0.25, -0.2) is 4.79 Å². The summed E-state index contributed by atoms with van der Waals surface area (Å²) in [6.07, 6.45) is 1.32. The molecule has 0 aliphatic heterocycles. The first-order valence-electron chi connectivity index (χ1n) is 8.42. The lowest BCUT2D eigenvalue weighted by Crippen LogP contribution is -2.26. The maximum Gasteiger partial charge on any atom is 0.337 e. The molecule has 0 spiro atoms. The van der Waals surface area contributed by atoms with Crippen molar-refractivity contribution in [2.75, 3.05) is 13.7 Å². The molecule has 0 saturated carbocycles. The van der Waals surface area contributed by atoms with Crippen LogP contribution in [0.25, 0.3) is 11.1 Å². The van der Waals surface area contributed by atoms with E-state index in [9.17, 15) is 14.7 Å². The van der Waals surface area contributed by atoms with Crippen LogP contribution in [0.1, 0.15) is 10.4 Å². The zero-order valence-corrected chi connectivity index (χ0v) is 16.6. The second-order valence-electron chi connectivity index (χ2n) is 7.27. The first-order chi connectivity index (χ1) is 12.2. The van der Waals surface area contributed by atoms with Crippen LogP contribution in [0.15, 0.2) is 41.3 Å². The number of para-hydroxylation sites is 1. The quantitative estimate of drug-likeness (QED) is 0.564. The number of methoxy groups -OCH3 is 1. The Bertz CT molecular complexity index is 839. The van der Waals surface area contributed by atoms with Crippen LogP contribution in [-0.2, 0) is 11.5 Å². The standard InChI is InChI=1S/C19H25NO5Si/c1-24-17-8-6-5-7-15(17)16-11-14(19(22)23)12-20(18(16)21)13-25-9-10-26(2,3)4/h5-8,11-12H,9-10,13H2,1-4H3,(H,22,23). The summed E-state index contributed by atoms with van der Waals surface area (Å²) in [4.78, 5) is 24.3. The Labute approximate surface area is 154 Å². The van der Waals surface area contributed by atoms with Crippen molar-refractivity contribution in [2.24, 2.45) is 0 Å². The van der Waals surface area contributed by atoms with Crippen LogP contribution in [0, 0.1) is 0 Å². The highest BCUT2D eigenvalue weighted by molar-refractivity contribution is 6.76. The molecule has 2 aromatic rings. The summed E-state index contributed by atoms with van der Waals surface area (Å²) in [5.74, 6) is -0.588. The Hall–Kier alpha value is -2.38. The van der Waals surface area contributed by atoms with E-state index in [-0.39, 0.29) is 23.4 Å². The van der Waals surface area contributed by atoms with Crippen molar-refractivity contribution < 1.29 is 19.4 Å². The minimum Gasteiger partial charge on any atom is -0.496 e. The molecule has 0 unspecified atom stereocenters. The van der Waals surface area contributed by atoms with E-state index in [2.05, 4.69) is 19.6 Å². The fraction of sp³-hybridized carbons (Fsp3) is 0.368. The Morgan fingerprint density at radius 1 is 1.19 bits per heavy atom. The van der Waals surface area contributed by atoms with Crippen molar-refractivity contribution >= 4 is 14.0 Å². The summed E-state index contributed by atoms with van der Waals surface area (Å²) in [5.41, 5.74) is 0.543. The van der Waals surface area contributed by atoms with Gasteiger partial charge in [0.15, 0.2) is 0 Å². The number of pyridine rings is 1. The van der Waals surface area contributed by atoms with E-state index in [4.69, 9.17) is 9.47 Å². The van der Waals surface area contributed by atoms with Crippen LogP contribution < -0.4 is 10.3 Å². The van der Waals surface area contributed by atoms with Gasteiger partial charge in [0.05, 0.1) is 18.2 Å². The highest BCUT2D eigenvalue weighted by Crippen LogP contribution is 2.27. The molecule has 0 amide bonds. The minimum absolute atomic E-state index is 0.0204. The average Bonchev–Trinajstić information content (AvgIpc) is 2.58. The number of aromatic nitrogens is 1. The number of carboxylic acid groups (broad SMARTS) is 1. The van der Waals surface area contributed by atoms with Gasteiger partial charge >= 0.3 is 5.97 Å². The zero-order chi connectivity index (χ0) is 19.3. The summed E-state index contributed by atoms with van der Waals surface area (Å²) in [6.45, 7) is 7.30. The van der Waals surface area contributed by atoms with Gasteiger partial charge in [-0.05, 0) is 18.2 Å². The molecule has 6 nitrogen and oxygen atoms in total. The van der Waals surface area contributed by atoms with E-state index in [1.807, 2.05) is 0 Å². The van der Waals surface area contributed by atoms with Crippen LogP contribution in [0.3, 0.4) is 0 Å². The molecule has 0 fully saturated rings. The maximum absolute atomic E-state index is 12.8. The average molecular weight is 375 g/mol. The largest absolute Gasteiger partial charge is 0.496 e. The van der Waals surface area contributed by atoms with E-state index in [1.54, 1.807) is 24.3 Å². The molecule has 26 heavy (non-hydrogen) atoms. The molecular weight excluding hydrogens is 350 g/mol. The predicted molar refractivity (Wildman–Crippen MR) is 104 cm³/mol. The number of ether oxygens (including phenoxy) is 2. The molecule has 0 aliphatic rings. The number of hydrogen-bond donors (Lipinski definition) is 1. The van der Waals surface area contributed by atoms with Crippen molar-refractivity contribution in [1.82, 2.24) is 4.57 Å². The molecule has 0 aliphatic carbocycles. The SMILES string of the molecule is COc1ccccc1-c1cc(C(=O)O)cn(COCC[Si](C)(C)C)c1=O. The lowest BCUT2D eigenvalue weighted by atomic mass is 10.0. The summed E-state index contributed by atoms with van der Waals surface area (Å²) in [6, 6.07) is 9.39. The lowest BCUT2D eigenvalue weighted by molar-refractivity contribution is 0.0688. The summed E-state index contributed by atoms with van der Waals surface area (Å²) >= 11 is 0. The molecule has 1 aromatic heterocycles. The van der Waals surface area contributed by atoms with Gasteiger partial charge in [0.25, 0.3) is 5.56 Å². The van der Waals surface area contributed by atoms with Crippen molar-refractivity contribution in [1.29, 1.82) is 0 Å². The van der Waals surface area contributed by atoms with Gasteiger partial charge in [-0.15, -0.1) is 0 Å². The van der Waals surface area contributed by atoms with Crippen LogP contribution in [0.2, 0.25) is 25.7 Å². The van der Waals surface area contributed by atoms with Gasteiger partial charge in [0.1, 0.15) is 12.5 Å². The van der Waals surface area contributed by atoms with Gasteiger partial charge in [0.2, 0.25) is 0 Å². The Balaban J connectivity index is 2.39. The second kappa shape index (κ2) is 8.33. The molecule has 140 valence electrons. The minimum atomic E-state index is -1.24. The highest BCUT2D eigenvalue weighted by Gasteiger charge is 2.16. The fourth-order valence-electron chi connectivity index (χ4n) is 2.45. The Morgan fingerprint density at radius 3 is 2.50 bits per heavy atom. The summed E-state index contributed by atoms with van der Waals surface area (Å²) in [5, 5.41) is 9.39. The molecule has 0 radical (unpaired) electrons. The van der Waals surface area contributed by atoms with Crippen molar-refractivity contribution in [3.8, 4) is 16.9 Å². The molecule has 0 atom stereocenters. The van der Waals surface area contributed by atoms with Crippen LogP contribution in [-0.4, -0.2) is 37.4 Å². The third-order valence-corrected chi connectivity index (χ3v) is 5.66. The molecular formula is C19H25NO5Si. The molecule has 1 N–H and O–H groups in total. The van der Waals surface area contributed by atoms with Gasteiger partial charge in [-0.3, -0.25) is 9.36 Å². The number of carboxylic acids is 1. The van der Waals surface area contributed by atoms with Crippen LogP contribution >= 0.6 is 0 Å². The van der Waals surface area contributed by atoms with Gasteiger partial charge in [-0.2, -0.15) is 0 Å². The lowest BCUT2D eigenvalue weighted by Gasteiger charge is -2.16. The van der Waals surface area contributed by atoms with E-state index >= 15 is 0 Å². The van der Waals surface area contributed by atoms with Crippen molar-refractivity contribution in [3.63, 3.8) is 0 Å². The highest BCUT2D eigenvalue weighted by atomic mass is 28.3. The van der Waals surface area contributed by atoms with E-state index in [0.717, 1.165) is 6.04 Å². The van der Waals surface area contributed by atoms with Crippen LogP contribution in [0.5, 0.6) is 5.75 Å².